The Morgan fingerprint density at radius 2 is 2.21 bits per heavy atom. The highest BCUT2D eigenvalue weighted by atomic mass is 16.5. The van der Waals surface area contributed by atoms with E-state index >= 15 is 0 Å². The first-order chi connectivity index (χ1) is 6.77. The van der Waals surface area contributed by atoms with Crippen LogP contribution in [0.25, 0.3) is 0 Å². The number of aryl methyl sites for hydroxylation is 1. The van der Waals surface area contributed by atoms with Gasteiger partial charge < -0.3 is 0 Å². The lowest BCUT2D eigenvalue weighted by molar-refractivity contribution is 0.0700. The van der Waals surface area contributed by atoms with Gasteiger partial charge >= 0.3 is 0 Å². The predicted octanol–water partition coefficient (Wildman–Crippen LogP) is 1.18. The molecule has 1 aromatic heterocycles. The molecule has 0 fully saturated rings. The van der Waals surface area contributed by atoms with Crippen LogP contribution in [0.5, 0.6) is 0 Å². The largest absolute Gasteiger partial charge is 0.293 e. The molecule has 5 heteroatoms. The summed E-state index contributed by atoms with van der Waals surface area (Å²) in [5.41, 5.74) is 1.67. The molecule has 1 amide bonds. The molecule has 1 heterocycles. The van der Waals surface area contributed by atoms with Crippen molar-refractivity contribution in [3.8, 4) is 0 Å². The maximum atomic E-state index is 10.8. The molecule has 5 nitrogen and oxygen atoms in total. The van der Waals surface area contributed by atoms with Crippen LogP contribution in [0.1, 0.15) is 37.1 Å². The summed E-state index contributed by atoms with van der Waals surface area (Å²) < 4.78 is 0. The Kier molecular flexibility index (Phi) is 6.22. The second-order valence-electron chi connectivity index (χ2n) is 2.15. The van der Waals surface area contributed by atoms with Crippen LogP contribution in [0.2, 0.25) is 0 Å². The molecule has 0 aromatic carbocycles. The second kappa shape index (κ2) is 6.97. The van der Waals surface area contributed by atoms with Crippen molar-refractivity contribution in [3.05, 3.63) is 23.8 Å². The number of carbonyl (C=O) groups excluding carboxylic acids is 1. The van der Waals surface area contributed by atoms with Crippen molar-refractivity contribution >= 4 is 5.91 Å². The van der Waals surface area contributed by atoms with E-state index in [1.807, 2.05) is 20.8 Å². The summed E-state index contributed by atoms with van der Waals surface area (Å²) in [4.78, 5) is 18.6. The Balaban J connectivity index is 0.000000791. The van der Waals surface area contributed by atoms with E-state index in [1.54, 1.807) is 0 Å². The van der Waals surface area contributed by atoms with Crippen LogP contribution in [-0.2, 0) is 6.42 Å². The van der Waals surface area contributed by atoms with E-state index in [2.05, 4.69) is 9.97 Å². The van der Waals surface area contributed by atoms with E-state index < -0.39 is 5.91 Å². The molecule has 78 valence electrons. The van der Waals surface area contributed by atoms with E-state index in [-0.39, 0.29) is 5.69 Å². The third-order valence-electron chi connectivity index (χ3n) is 1.36. The normalized spacial score (nSPS) is 8.57. The highest BCUT2D eigenvalue weighted by Gasteiger charge is 2.05. The lowest BCUT2D eigenvalue weighted by Gasteiger charge is -1.98. The van der Waals surface area contributed by atoms with Gasteiger partial charge in [0.15, 0.2) is 0 Å². The van der Waals surface area contributed by atoms with Gasteiger partial charge in [0, 0.05) is 12.6 Å². The van der Waals surface area contributed by atoms with Crippen LogP contribution in [-0.4, -0.2) is 21.1 Å². The zero-order chi connectivity index (χ0) is 11.0. The van der Waals surface area contributed by atoms with Gasteiger partial charge in [0.1, 0.15) is 11.5 Å². The number of aromatic nitrogens is 2. The molecule has 0 aliphatic carbocycles. The summed E-state index contributed by atoms with van der Waals surface area (Å²) in [5.74, 6) is -0.0387. The van der Waals surface area contributed by atoms with Crippen LogP contribution in [0.3, 0.4) is 0 Å². The molecule has 0 spiro atoms. The van der Waals surface area contributed by atoms with E-state index in [0.29, 0.717) is 12.2 Å². The molecule has 2 N–H and O–H groups in total. The molecule has 0 radical (unpaired) electrons. The molecule has 1 aromatic rings. The van der Waals surface area contributed by atoms with Gasteiger partial charge in [-0.2, -0.15) is 0 Å². The van der Waals surface area contributed by atoms with E-state index in [1.165, 1.54) is 17.7 Å². The van der Waals surface area contributed by atoms with Gasteiger partial charge in [-0.25, -0.2) is 15.4 Å². The van der Waals surface area contributed by atoms with Crippen LogP contribution in [0, 0.1) is 0 Å². The minimum atomic E-state index is -0.618. The Morgan fingerprint density at radius 3 is 2.71 bits per heavy atom. The van der Waals surface area contributed by atoms with Crippen LogP contribution in [0.4, 0.5) is 0 Å². The standard InChI is InChI=1S/C7H9N3O2.C2H6/c1-2-6-8-4-3-5(9-6)7(11)10-12;1-2/h3-4,12H,2H2,1H3,(H,10,11);1-2H3. The van der Waals surface area contributed by atoms with E-state index in [4.69, 9.17) is 5.21 Å². The third-order valence-corrected chi connectivity index (χ3v) is 1.36. The van der Waals surface area contributed by atoms with Gasteiger partial charge in [0.05, 0.1) is 0 Å². The fourth-order valence-corrected chi connectivity index (χ4v) is 0.753. The molecule has 0 aliphatic heterocycles. The van der Waals surface area contributed by atoms with E-state index in [9.17, 15) is 4.79 Å². The fraction of sp³-hybridized carbons (Fsp3) is 0.444. The SMILES string of the molecule is CC.CCc1nccc(C(=O)NO)n1. The van der Waals surface area contributed by atoms with Crippen molar-refractivity contribution < 1.29 is 10.0 Å². The van der Waals surface area contributed by atoms with Crippen molar-refractivity contribution in [3.63, 3.8) is 0 Å². The monoisotopic (exact) mass is 197 g/mol. The number of carbonyl (C=O) groups is 1. The van der Waals surface area contributed by atoms with E-state index in [0.717, 1.165) is 0 Å². The van der Waals surface area contributed by atoms with Crippen LogP contribution in [0.15, 0.2) is 12.3 Å². The second-order valence-corrected chi connectivity index (χ2v) is 2.15. The zero-order valence-electron chi connectivity index (χ0n) is 8.61. The lowest BCUT2D eigenvalue weighted by atomic mass is 10.3. The van der Waals surface area contributed by atoms with Crippen molar-refractivity contribution in [1.29, 1.82) is 0 Å². The quantitative estimate of drug-likeness (QED) is 0.551. The number of rotatable bonds is 2. The number of hydroxylamine groups is 1. The summed E-state index contributed by atoms with van der Waals surface area (Å²) in [6.45, 7) is 5.88. The zero-order valence-corrected chi connectivity index (χ0v) is 8.61. The Hall–Kier alpha value is -1.49. The van der Waals surface area contributed by atoms with Crippen LogP contribution < -0.4 is 5.48 Å². The topological polar surface area (TPSA) is 75.1 Å². The van der Waals surface area contributed by atoms with Gasteiger partial charge in [0.2, 0.25) is 0 Å². The lowest BCUT2D eigenvalue weighted by Crippen LogP contribution is -2.20. The molecule has 1 rings (SSSR count). The van der Waals surface area contributed by atoms with Crippen molar-refractivity contribution in [2.45, 2.75) is 27.2 Å². The summed E-state index contributed by atoms with van der Waals surface area (Å²) in [6, 6.07) is 1.44. The molecule has 14 heavy (non-hydrogen) atoms. The maximum Gasteiger partial charge on any atom is 0.293 e. The minimum absolute atomic E-state index is 0.171. The van der Waals surface area contributed by atoms with Gasteiger partial charge in [0.25, 0.3) is 5.91 Å². The summed E-state index contributed by atoms with van der Waals surface area (Å²) in [5, 5.41) is 8.29. The molecular formula is C9H15N3O2. The van der Waals surface area contributed by atoms with Crippen LogP contribution >= 0.6 is 0 Å². The molecule has 0 aliphatic rings. The number of amides is 1. The smallest absolute Gasteiger partial charge is 0.288 e. The Bertz CT molecular complexity index is 289. The number of nitrogens with one attached hydrogen (secondary N) is 1. The van der Waals surface area contributed by atoms with Crippen molar-refractivity contribution in [2.24, 2.45) is 0 Å². The molecule has 0 atom stereocenters. The van der Waals surface area contributed by atoms with Gasteiger partial charge in [-0.15, -0.1) is 0 Å². The summed E-state index contributed by atoms with van der Waals surface area (Å²) >= 11 is 0. The van der Waals surface area contributed by atoms with Gasteiger partial charge in [-0.05, 0) is 6.07 Å². The number of hydrogen-bond acceptors (Lipinski definition) is 4. The first kappa shape index (κ1) is 12.5. The highest BCUT2D eigenvalue weighted by molar-refractivity contribution is 5.91. The Morgan fingerprint density at radius 1 is 1.57 bits per heavy atom. The fourth-order valence-electron chi connectivity index (χ4n) is 0.753. The van der Waals surface area contributed by atoms with Gasteiger partial charge in [-0.3, -0.25) is 10.0 Å². The average molecular weight is 197 g/mol. The van der Waals surface area contributed by atoms with Crippen molar-refractivity contribution in [1.82, 2.24) is 15.4 Å². The average Bonchev–Trinajstić information content (AvgIpc) is 2.30. The highest BCUT2D eigenvalue weighted by Crippen LogP contribution is 1.95. The summed E-state index contributed by atoms with van der Waals surface area (Å²) in [7, 11) is 0. The molecular weight excluding hydrogens is 182 g/mol. The number of hydrogen-bond donors (Lipinski definition) is 2. The summed E-state index contributed by atoms with van der Waals surface area (Å²) in [6.07, 6.45) is 2.14. The molecule has 0 saturated carbocycles. The minimum Gasteiger partial charge on any atom is -0.288 e. The Labute approximate surface area is 83.2 Å². The first-order valence-electron chi connectivity index (χ1n) is 4.54. The van der Waals surface area contributed by atoms with Crippen molar-refractivity contribution in [2.75, 3.05) is 0 Å². The maximum absolute atomic E-state index is 10.8. The molecule has 0 bridgehead atoms. The molecule has 0 saturated heterocycles. The first-order valence-corrected chi connectivity index (χ1v) is 4.54. The number of nitrogens with zero attached hydrogens (tertiary/aromatic N) is 2. The third kappa shape index (κ3) is 3.49. The predicted molar refractivity (Wildman–Crippen MR) is 52.0 cm³/mol. The van der Waals surface area contributed by atoms with Gasteiger partial charge in [-0.1, -0.05) is 20.8 Å². The molecule has 0 unspecified atom stereocenters.